The number of aryl methyl sites for hydroxylation is 1. The number of benzene rings is 1. The van der Waals surface area contributed by atoms with Gasteiger partial charge in [-0.3, -0.25) is 0 Å². The fourth-order valence-corrected chi connectivity index (χ4v) is 1.40. The monoisotopic (exact) mass is 197 g/mol. The van der Waals surface area contributed by atoms with E-state index in [1.807, 2.05) is 13.0 Å². The standard InChI is InChI=1S/C10H9F2NO/c1-2-6-4-3-5-7-8(6)14-10(13-7)9(11)12/h3-5,9H,2H2,1H3. The Bertz CT molecular complexity index is 450. The highest BCUT2D eigenvalue weighted by molar-refractivity contribution is 5.76. The Balaban J connectivity index is 2.64. The van der Waals surface area contributed by atoms with Gasteiger partial charge in [0, 0.05) is 0 Å². The summed E-state index contributed by atoms with van der Waals surface area (Å²) in [6, 6.07) is 5.31. The lowest BCUT2D eigenvalue weighted by molar-refractivity contribution is 0.117. The second-order valence-corrected chi connectivity index (χ2v) is 2.97. The molecule has 2 aromatic rings. The fraction of sp³-hybridized carbons (Fsp3) is 0.300. The number of halogens is 2. The SMILES string of the molecule is CCc1cccc2nc(C(F)F)oc12. The second kappa shape index (κ2) is 3.36. The predicted molar refractivity (Wildman–Crippen MR) is 48.3 cm³/mol. The van der Waals surface area contributed by atoms with Gasteiger partial charge >= 0.3 is 6.43 Å². The summed E-state index contributed by atoms with van der Waals surface area (Å²) >= 11 is 0. The maximum atomic E-state index is 12.3. The molecule has 0 saturated carbocycles. The molecule has 0 spiro atoms. The Morgan fingerprint density at radius 1 is 1.43 bits per heavy atom. The maximum absolute atomic E-state index is 12.3. The van der Waals surface area contributed by atoms with Crippen molar-refractivity contribution in [1.29, 1.82) is 0 Å². The third-order valence-corrected chi connectivity index (χ3v) is 2.08. The first-order chi connectivity index (χ1) is 6.72. The van der Waals surface area contributed by atoms with E-state index in [4.69, 9.17) is 4.42 Å². The smallest absolute Gasteiger partial charge is 0.313 e. The number of nitrogens with zero attached hydrogens (tertiary/aromatic N) is 1. The summed E-state index contributed by atoms with van der Waals surface area (Å²) in [6.45, 7) is 1.94. The normalized spacial score (nSPS) is 11.4. The van der Waals surface area contributed by atoms with Gasteiger partial charge < -0.3 is 4.42 Å². The molecule has 0 unspecified atom stereocenters. The van der Waals surface area contributed by atoms with Gasteiger partial charge in [-0.15, -0.1) is 0 Å². The zero-order valence-corrected chi connectivity index (χ0v) is 7.63. The van der Waals surface area contributed by atoms with Gasteiger partial charge in [0.15, 0.2) is 5.58 Å². The van der Waals surface area contributed by atoms with Crippen LogP contribution in [0, 0.1) is 0 Å². The molecule has 1 aromatic carbocycles. The van der Waals surface area contributed by atoms with Crippen LogP contribution in [-0.2, 0) is 6.42 Å². The number of para-hydroxylation sites is 1. The lowest BCUT2D eigenvalue weighted by Crippen LogP contribution is -1.80. The van der Waals surface area contributed by atoms with Crippen molar-refractivity contribution in [3.63, 3.8) is 0 Å². The van der Waals surface area contributed by atoms with E-state index < -0.39 is 12.3 Å². The summed E-state index contributed by atoms with van der Waals surface area (Å²) in [5.74, 6) is -0.499. The minimum Gasteiger partial charge on any atom is -0.435 e. The van der Waals surface area contributed by atoms with Crippen LogP contribution < -0.4 is 0 Å². The summed E-state index contributed by atoms with van der Waals surface area (Å²) < 4.78 is 29.6. The lowest BCUT2D eigenvalue weighted by atomic mass is 10.1. The highest BCUT2D eigenvalue weighted by Crippen LogP contribution is 2.25. The van der Waals surface area contributed by atoms with E-state index >= 15 is 0 Å². The highest BCUT2D eigenvalue weighted by Gasteiger charge is 2.16. The van der Waals surface area contributed by atoms with Gasteiger partial charge in [-0.2, -0.15) is 8.78 Å². The van der Waals surface area contributed by atoms with Crippen molar-refractivity contribution in [3.8, 4) is 0 Å². The first kappa shape index (κ1) is 9.12. The average molecular weight is 197 g/mol. The molecule has 14 heavy (non-hydrogen) atoms. The number of hydrogen-bond donors (Lipinski definition) is 0. The van der Waals surface area contributed by atoms with E-state index in [1.54, 1.807) is 12.1 Å². The summed E-state index contributed by atoms with van der Waals surface area (Å²) in [7, 11) is 0. The zero-order valence-electron chi connectivity index (χ0n) is 7.63. The molecule has 2 nitrogen and oxygen atoms in total. The van der Waals surface area contributed by atoms with Crippen LogP contribution >= 0.6 is 0 Å². The summed E-state index contributed by atoms with van der Waals surface area (Å²) in [4.78, 5) is 3.70. The highest BCUT2D eigenvalue weighted by atomic mass is 19.3. The third-order valence-electron chi connectivity index (χ3n) is 2.08. The van der Waals surface area contributed by atoms with Crippen molar-refractivity contribution >= 4 is 11.1 Å². The molecular formula is C10H9F2NO. The van der Waals surface area contributed by atoms with E-state index in [0.29, 0.717) is 11.1 Å². The molecule has 2 rings (SSSR count). The van der Waals surface area contributed by atoms with E-state index in [2.05, 4.69) is 4.98 Å². The van der Waals surface area contributed by atoms with Crippen molar-refractivity contribution in [2.45, 2.75) is 19.8 Å². The number of oxazole rings is 1. The first-order valence-corrected chi connectivity index (χ1v) is 4.39. The van der Waals surface area contributed by atoms with Gasteiger partial charge in [0.05, 0.1) is 0 Å². The number of fused-ring (bicyclic) bond motifs is 1. The summed E-state index contributed by atoms with van der Waals surface area (Å²) in [5, 5.41) is 0. The van der Waals surface area contributed by atoms with Gasteiger partial charge in [0.2, 0.25) is 0 Å². The molecular weight excluding hydrogens is 188 g/mol. The number of aromatic nitrogens is 1. The molecule has 0 atom stereocenters. The number of hydrogen-bond acceptors (Lipinski definition) is 2. The molecule has 0 bridgehead atoms. The Kier molecular flexibility index (Phi) is 2.19. The first-order valence-electron chi connectivity index (χ1n) is 4.39. The fourth-order valence-electron chi connectivity index (χ4n) is 1.40. The quantitative estimate of drug-likeness (QED) is 0.738. The molecule has 74 valence electrons. The molecule has 0 radical (unpaired) electrons. The van der Waals surface area contributed by atoms with Crippen molar-refractivity contribution in [1.82, 2.24) is 4.98 Å². The van der Waals surface area contributed by atoms with Crippen molar-refractivity contribution in [2.75, 3.05) is 0 Å². The second-order valence-electron chi connectivity index (χ2n) is 2.97. The van der Waals surface area contributed by atoms with Gasteiger partial charge in [-0.05, 0) is 18.1 Å². The summed E-state index contributed by atoms with van der Waals surface area (Å²) in [6.07, 6.45) is -1.90. The molecule has 0 aliphatic heterocycles. The third kappa shape index (κ3) is 1.36. The molecule has 0 saturated heterocycles. The number of rotatable bonds is 2. The van der Waals surface area contributed by atoms with Crippen LogP contribution in [0.3, 0.4) is 0 Å². The van der Waals surface area contributed by atoms with Crippen LogP contribution in [0.15, 0.2) is 22.6 Å². The Labute approximate surface area is 79.6 Å². The van der Waals surface area contributed by atoms with Crippen LogP contribution in [0.5, 0.6) is 0 Å². The van der Waals surface area contributed by atoms with Gasteiger partial charge in [0.1, 0.15) is 5.52 Å². The molecule has 4 heteroatoms. The summed E-state index contributed by atoms with van der Waals surface area (Å²) in [5.41, 5.74) is 1.88. The molecule has 1 heterocycles. The Morgan fingerprint density at radius 2 is 2.21 bits per heavy atom. The van der Waals surface area contributed by atoms with Gasteiger partial charge in [-0.1, -0.05) is 19.1 Å². The van der Waals surface area contributed by atoms with Crippen molar-refractivity contribution in [2.24, 2.45) is 0 Å². The van der Waals surface area contributed by atoms with E-state index in [1.165, 1.54) is 0 Å². The Hall–Kier alpha value is -1.45. The minimum absolute atomic E-state index is 0.477. The van der Waals surface area contributed by atoms with Crippen molar-refractivity contribution in [3.05, 3.63) is 29.7 Å². The van der Waals surface area contributed by atoms with Crippen LogP contribution in [0.25, 0.3) is 11.1 Å². The Morgan fingerprint density at radius 3 is 2.86 bits per heavy atom. The molecule has 0 N–H and O–H groups in total. The van der Waals surface area contributed by atoms with E-state index in [-0.39, 0.29) is 0 Å². The molecule has 0 amide bonds. The average Bonchev–Trinajstić information content (AvgIpc) is 2.60. The topological polar surface area (TPSA) is 26.0 Å². The molecule has 0 fully saturated rings. The van der Waals surface area contributed by atoms with Crippen molar-refractivity contribution < 1.29 is 13.2 Å². The molecule has 0 aliphatic carbocycles. The number of alkyl halides is 2. The lowest BCUT2D eigenvalue weighted by Gasteiger charge is -1.94. The zero-order chi connectivity index (χ0) is 10.1. The maximum Gasteiger partial charge on any atom is 0.313 e. The largest absolute Gasteiger partial charge is 0.435 e. The van der Waals surface area contributed by atoms with Crippen LogP contribution in [0.1, 0.15) is 24.8 Å². The van der Waals surface area contributed by atoms with E-state index in [9.17, 15) is 8.78 Å². The van der Waals surface area contributed by atoms with E-state index in [0.717, 1.165) is 12.0 Å². The van der Waals surface area contributed by atoms with Crippen LogP contribution in [0.4, 0.5) is 8.78 Å². The van der Waals surface area contributed by atoms with Gasteiger partial charge in [-0.25, -0.2) is 4.98 Å². The predicted octanol–water partition coefficient (Wildman–Crippen LogP) is 3.33. The minimum atomic E-state index is -2.65. The van der Waals surface area contributed by atoms with Gasteiger partial charge in [0.25, 0.3) is 5.89 Å². The van der Waals surface area contributed by atoms with Crippen LogP contribution in [-0.4, -0.2) is 4.98 Å². The van der Waals surface area contributed by atoms with Crippen LogP contribution in [0.2, 0.25) is 0 Å². The molecule has 0 aliphatic rings. The molecule has 1 aromatic heterocycles.